The molecule has 0 saturated heterocycles. The number of aryl methyl sites for hydroxylation is 1. The number of rotatable bonds is 4. The number of hydrogen-bond donors (Lipinski definition) is 1. The van der Waals surface area contributed by atoms with Crippen molar-refractivity contribution in [3.05, 3.63) is 26.9 Å². The first-order valence-corrected chi connectivity index (χ1v) is 8.22. The maximum Gasteiger partial charge on any atom is 0.0864 e. The lowest BCUT2D eigenvalue weighted by Gasteiger charge is -2.20. The van der Waals surface area contributed by atoms with Gasteiger partial charge in [-0.3, -0.25) is 4.68 Å². The third-order valence-electron chi connectivity index (χ3n) is 3.07. The molecule has 0 aliphatic rings. The van der Waals surface area contributed by atoms with E-state index in [-0.39, 0.29) is 11.5 Å². The van der Waals surface area contributed by atoms with Gasteiger partial charge in [0.05, 0.1) is 33.0 Å². The fourth-order valence-corrected chi connectivity index (χ4v) is 3.53. The Bertz CT molecular complexity index is 584. The zero-order valence-electron chi connectivity index (χ0n) is 12.2. The van der Waals surface area contributed by atoms with Crippen LogP contribution in [0.5, 0.6) is 0 Å². The topological polar surface area (TPSA) is 69.6 Å². The summed E-state index contributed by atoms with van der Waals surface area (Å²) < 4.78 is 6.99. The molecule has 0 aliphatic carbocycles. The molecule has 1 atom stereocenters. The number of nitrogens with zero attached hydrogens (tertiary/aromatic N) is 4. The maximum absolute atomic E-state index is 6.47. The Balaban J connectivity index is 2.44. The molecule has 2 rings (SSSR count). The van der Waals surface area contributed by atoms with Crippen LogP contribution in [-0.2, 0) is 12.0 Å². The van der Waals surface area contributed by atoms with E-state index in [1.807, 2.05) is 4.68 Å². The van der Waals surface area contributed by atoms with Gasteiger partial charge in [-0.25, -0.2) is 0 Å². The molecule has 2 aromatic heterocycles. The quantitative estimate of drug-likeness (QED) is 0.911. The molecule has 0 aliphatic heterocycles. The van der Waals surface area contributed by atoms with Gasteiger partial charge in [-0.15, -0.1) is 5.10 Å². The van der Waals surface area contributed by atoms with Crippen molar-refractivity contribution >= 4 is 27.5 Å². The Labute approximate surface area is 131 Å². The zero-order chi connectivity index (χ0) is 14.9. The highest BCUT2D eigenvalue weighted by Crippen LogP contribution is 2.34. The van der Waals surface area contributed by atoms with Crippen LogP contribution >= 0.6 is 27.5 Å². The number of aromatic nitrogens is 4. The molecule has 0 bridgehead atoms. The standard InChI is InChI=1S/C13H20BrN5S/c1-5-6-19-10(8(14)7-16-19)9(15)11-12(13(2,3)4)17-18-20-11/h7,9H,5-6,15H2,1-4H3. The van der Waals surface area contributed by atoms with Crippen LogP contribution in [-0.4, -0.2) is 19.4 Å². The monoisotopic (exact) mass is 357 g/mol. The van der Waals surface area contributed by atoms with Crippen LogP contribution in [0.4, 0.5) is 0 Å². The van der Waals surface area contributed by atoms with E-state index in [0.717, 1.165) is 33.7 Å². The zero-order valence-corrected chi connectivity index (χ0v) is 14.6. The molecule has 7 heteroatoms. The lowest BCUT2D eigenvalue weighted by Crippen LogP contribution is -2.22. The minimum atomic E-state index is -0.257. The summed E-state index contributed by atoms with van der Waals surface area (Å²) in [7, 11) is 0. The highest BCUT2D eigenvalue weighted by atomic mass is 79.9. The van der Waals surface area contributed by atoms with E-state index in [1.165, 1.54) is 11.5 Å². The third-order valence-corrected chi connectivity index (χ3v) is 4.49. The van der Waals surface area contributed by atoms with E-state index in [2.05, 4.69) is 58.3 Å². The van der Waals surface area contributed by atoms with E-state index in [0.29, 0.717) is 0 Å². The minimum absolute atomic E-state index is 0.0674. The summed E-state index contributed by atoms with van der Waals surface area (Å²) >= 11 is 4.92. The lowest BCUT2D eigenvalue weighted by atomic mass is 9.89. The van der Waals surface area contributed by atoms with Gasteiger partial charge in [0.2, 0.25) is 0 Å². The second-order valence-corrected chi connectivity index (χ2v) is 7.45. The molecule has 20 heavy (non-hydrogen) atoms. The van der Waals surface area contributed by atoms with Gasteiger partial charge in [0, 0.05) is 12.0 Å². The van der Waals surface area contributed by atoms with Gasteiger partial charge in [-0.2, -0.15) is 5.10 Å². The van der Waals surface area contributed by atoms with E-state index >= 15 is 0 Å². The van der Waals surface area contributed by atoms with Crippen LogP contribution < -0.4 is 5.73 Å². The molecule has 5 nitrogen and oxygen atoms in total. The van der Waals surface area contributed by atoms with Crippen molar-refractivity contribution in [1.29, 1.82) is 0 Å². The van der Waals surface area contributed by atoms with Gasteiger partial charge < -0.3 is 5.73 Å². The fraction of sp³-hybridized carbons (Fsp3) is 0.615. The molecule has 0 radical (unpaired) electrons. The summed E-state index contributed by atoms with van der Waals surface area (Å²) in [5, 5.41) is 8.65. The summed E-state index contributed by atoms with van der Waals surface area (Å²) in [5.41, 5.74) is 8.36. The van der Waals surface area contributed by atoms with E-state index in [9.17, 15) is 0 Å². The molecule has 2 aromatic rings. The minimum Gasteiger partial charge on any atom is -0.318 e. The molecule has 0 aromatic carbocycles. The van der Waals surface area contributed by atoms with Crippen molar-refractivity contribution in [1.82, 2.24) is 19.4 Å². The van der Waals surface area contributed by atoms with Crippen molar-refractivity contribution in [2.24, 2.45) is 5.73 Å². The summed E-state index contributed by atoms with van der Waals surface area (Å²) in [6, 6.07) is -0.257. The normalized spacial score (nSPS) is 13.7. The number of hydrogen-bond acceptors (Lipinski definition) is 5. The molecule has 0 amide bonds. The lowest BCUT2D eigenvalue weighted by molar-refractivity contribution is 0.539. The average Bonchev–Trinajstić information content (AvgIpc) is 2.95. The molecule has 2 N–H and O–H groups in total. The Morgan fingerprint density at radius 3 is 2.75 bits per heavy atom. The van der Waals surface area contributed by atoms with Crippen LogP contribution in [0.1, 0.15) is 56.4 Å². The fourth-order valence-electron chi connectivity index (χ4n) is 2.12. The maximum atomic E-state index is 6.47. The van der Waals surface area contributed by atoms with Crippen molar-refractivity contribution in [3.8, 4) is 0 Å². The molecule has 0 fully saturated rings. The molecule has 0 spiro atoms. The summed E-state index contributed by atoms with van der Waals surface area (Å²) in [4.78, 5) is 1.01. The first kappa shape index (κ1) is 15.6. The van der Waals surface area contributed by atoms with Crippen molar-refractivity contribution < 1.29 is 0 Å². The number of halogens is 1. The van der Waals surface area contributed by atoms with Gasteiger partial charge in [-0.1, -0.05) is 32.2 Å². The largest absolute Gasteiger partial charge is 0.318 e. The van der Waals surface area contributed by atoms with Crippen molar-refractivity contribution in [2.75, 3.05) is 0 Å². The van der Waals surface area contributed by atoms with Crippen LogP contribution in [0.3, 0.4) is 0 Å². The molecular formula is C13H20BrN5S. The van der Waals surface area contributed by atoms with Crippen molar-refractivity contribution in [2.45, 2.75) is 52.1 Å². The first-order chi connectivity index (χ1) is 9.36. The predicted molar refractivity (Wildman–Crippen MR) is 84.9 cm³/mol. The van der Waals surface area contributed by atoms with Gasteiger partial charge in [0.15, 0.2) is 0 Å². The second kappa shape index (κ2) is 5.91. The Hall–Kier alpha value is -0.790. The Morgan fingerprint density at radius 1 is 1.45 bits per heavy atom. The summed E-state index contributed by atoms with van der Waals surface area (Å²) in [6.45, 7) is 9.35. The predicted octanol–water partition coefficient (Wildman–Crippen LogP) is 3.25. The van der Waals surface area contributed by atoms with E-state index in [1.54, 1.807) is 6.20 Å². The highest BCUT2D eigenvalue weighted by molar-refractivity contribution is 9.10. The third kappa shape index (κ3) is 2.94. The Morgan fingerprint density at radius 2 is 2.15 bits per heavy atom. The van der Waals surface area contributed by atoms with Gasteiger partial charge in [0.25, 0.3) is 0 Å². The second-order valence-electron chi connectivity index (χ2n) is 5.81. The van der Waals surface area contributed by atoms with Crippen LogP contribution in [0, 0.1) is 0 Å². The van der Waals surface area contributed by atoms with Gasteiger partial charge in [0.1, 0.15) is 0 Å². The summed E-state index contributed by atoms with van der Waals surface area (Å²) in [6.07, 6.45) is 2.82. The number of nitrogens with two attached hydrogens (primary N) is 1. The van der Waals surface area contributed by atoms with E-state index < -0.39 is 0 Å². The van der Waals surface area contributed by atoms with Gasteiger partial charge in [-0.05, 0) is 33.9 Å². The van der Waals surface area contributed by atoms with Crippen molar-refractivity contribution in [3.63, 3.8) is 0 Å². The van der Waals surface area contributed by atoms with E-state index in [4.69, 9.17) is 5.73 Å². The molecule has 2 heterocycles. The van der Waals surface area contributed by atoms with Crippen LogP contribution in [0.25, 0.3) is 0 Å². The highest BCUT2D eigenvalue weighted by Gasteiger charge is 2.29. The average molecular weight is 358 g/mol. The molecule has 110 valence electrons. The first-order valence-electron chi connectivity index (χ1n) is 6.65. The van der Waals surface area contributed by atoms with Gasteiger partial charge >= 0.3 is 0 Å². The smallest absolute Gasteiger partial charge is 0.0864 e. The van der Waals surface area contributed by atoms with Crippen LogP contribution in [0.2, 0.25) is 0 Å². The summed E-state index contributed by atoms with van der Waals surface area (Å²) in [5.74, 6) is 0. The Kier molecular flexibility index (Phi) is 4.61. The SMILES string of the molecule is CCCn1ncc(Br)c1C(N)c1snnc1C(C)(C)C. The molecular weight excluding hydrogens is 338 g/mol. The van der Waals surface area contributed by atoms with Crippen LogP contribution in [0.15, 0.2) is 10.7 Å². The molecule has 0 saturated carbocycles. The molecule has 1 unspecified atom stereocenters.